The first-order valence-electron chi connectivity index (χ1n) is 6.72. The maximum absolute atomic E-state index is 11.9. The average Bonchev–Trinajstić information content (AvgIpc) is 3.24. The highest BCUT2D eigenvalue weighted by Gasteiger charge is 2.15. The predicted molar refractivity (Wildman–Crippen MR) is 79.4 cm³/mol. The van der Waals surface area contributed by atoms with Crippen LogP contribution in [0.4, 0.5) is 5.82 Å². The van der Waals surface area contributed by atoms with Crippen LogP contribution >= 0.6 is 0 Å². The van der Waals surface area contributed by atoms with Crippen molar-refractivity contribution >= 4 is 17.6 Å². The maximum Gasteiger partial charge on any atom is 0.273 e. The Morgan fingerprint density at radius 2 is 2.04 bits per heavy atom. The number of hydrogen-bond donors (Lipinski definition) is 2. The number of aromatic nitrogens is 2. The van der Waals surface area contributed by atoms with Crippen molar-refractivity contribution in [2.45, 2.75) is 0 Å². The second kappa shape index (κ2) is 6.56. The summed E-state index contributed by atoms with van der Waals surface area (Å²) in [5.41, 5.74) is 0.0574. The molecule has 0 spiro atoms. The van der Waals surface area contributed by atoms with Crippen molar-refractivity contribution in [3.05, 3.63) is 54.6 Å². The van der Waals surface area contributed by atoms with E-state index in [0.29, 0.717) is 17.3 Å². The molecule has 0 aliphatic rings. The van der Waals surface area contributed by atoms with Gasteiger partial charge in [-0.2, -0.15) is 0 Å². The molecule has 0 unspecified atom stereocenters. The first kappa shape index (κ1) is 14.5. The third-order valence-corrected chi connectivity index (χ3v) is 2.85. The molecule has 0 atom stereocenters. The van der Waals surface area contributed by atoms with Crippen LogP contribution in [-0.2, 0) is 4.79 Å². The lowest BCUT2D eigenvalue weighted by Gasteiger charge is -2.04. The molecule has 8 heteroatoms. The summed E-state index contributed by atoms with van der Waals surface area (Å²) in [7, 11) is 0. The summed E-state index contributed by atoms with van der Waals surface area (Å²) in [6.45, 7) is -0.210. The second-order valence-electron chi connectivity index (χ2n) is 4.50. The Bertz CT molecular complexity index is 796. The molecule has 3 aromatic rings. The van der Waals surface area contributed by atoms with Gasteiger partial charge in [-0.15, -0.1) is 0 Å². The van der Waals surface area contributed by atoms with Crippen molar-refractivity contribution in [2.75, 3.05) is 11.9 Å². The van der Waals surface area contributed by atoms with Gasteiger partial charge in [-0.25, -0.2) is 4.98 Å². The lowest BCUT2D eigenvalue weighted by Crippen LogP contribution is -2.33. The van der Waals surface area contributed by atoms with Crippen LogP contribution in [0, 0.1) is 0 Å². The fraction of sp³-hybridized carbons (Fsp3) is 0.0667. The zero-order valence-corrected chi connectivity index (χ0v) is 11.9. The Hall–Kier alpha value is -3.42. The fourth-order valence-electron chi connectivity index (χ4n) is 1.79. The molecule has 0 aromatic carbocycles. The van der Waals surface area contributed by atoms with Gasteiger partial charge in [0.25, 0.3) is 5.91 Å². The van der Waals surface area contributed by atoms with Gasteiger partial charge in [-0.1, -0.05) is 11.2 Å². The molecule has 3 rings (SSSR count). The molecular formula is C15H12N4O4. The second-order valence-corrected chi connectivity index (χ2v) is 4.50. The predicted octanol–water partition coefficient (Wildman–Crippen LogP) is 1.70. The molecule has 0 bridgehead atoms. The number of hydrogen-bond acceptors (Lipinski definition) is 6. The normalized spacial score (nSPS) is 10.3. The number of nitrogens with one attached hydrogen (secondary N) is 2. The van der Waals surface area contributed by atoms with Crippen LogP contribution in [0.25, 0.3) is 11.5 Å². The Labute approximate surface area is 130 Å². The topological polar surface area (TPSA) is 110 Å². The summed E-state index contributed by atoms with van der Waals surface area (Å²) >= 11 is 0. The van der Waals surface area contributed by atoms with E-state index < -0.39 is 11.8 Å². The van der Waals surface area contributed by atoms with Crippen LogP contribution in [0.1, 0.15) is 10.5 Å². The molecule has 23 heavy (non-hydrogen) atoms. The third-order valence-electron chi connectivity index (χ3n) is 2.85. The molecule has 3 aromatic heterocycles. The third kappa shape index (κ3) is 3.62. The first-order valence-corrected chi connectivity index (χ1v) is 6.72. The summed E-state index contributed by atoms with van der Waals surface area (Å²) < 4.78 is 10.2. The quantitative estimate of drug-likeness (QED) is 0.742. The molecule has 0 saturated heterocycles. The van der Waals surface area contributed by atoms with Gasteiger partial charge in [-0.05, 0) is 24.3 Å². The lowest BCUT2D eigenvalue weighted by molar-refractivity contribution is -0.115. The van der Waals surface area contributed by atoms with E-state index >= 15 is 0 Å². The maximum atomic E-state index is 11.9. The smallest absolute Gasteiger partial charge is 0.273 e. The van der Waals surface area contributed by atoms with Gasteiger partial charge in [-0.3, -0.25) is 9.59 Å². The monoisotopic (exact) mass is 312 g/mol. The van der Waals surface area contributed by atoms with Crippen LogP contribution in [0.15, 0.2) is 57.8 Å². The molecule has 0 saturated carbocycles. The van der Waals surface area contributed by atoms with E-state index in [-0.39, 0.29) is 12.2 Å². The number of rotatable bonds is 5. The van der Waals surface area contributed by atoms with Gasteiger partial charge < -0.3 is 19.6 Å². The Morgan fingerprint density at radius 3 is 2.78 bits per heavy atom. The number of pyridine rings is 1. The first-order chi connectivity index (χ1) is 11.2. The molecule has 0 fully saturated rings. The van der Waals surface area contributed by atoms with Crippen LogP contribution in [-0.4, -0.2) is 28.5 Å². The number of nitrogens with zero attached hydrogens (tertiary/aromatic N) is 2. The standard InChI is InChI=1S/C15H12N4O4/c20-14(18-13-5-1-2-6-16-13)9-17-15(21)10-8-12(23-19-10)11-4-3-7-22-11/h1-8H,9H2,(H,17,21)(H,16,18,20). The van der Waals surface area contributed by atoms with Crippen molar-refractivity contribution in [1.29, 1.82) is 0 Å². The zero-order valence-electron chi connectivity index (χ0n) is 11.9. The number of carbonyl (C=O) groups excluding carboxylic acids is 2. The van der Waals surface area contributed by atoms with Gasteiger partial charge in [0.15, 0.2) is 11.5 Å². The van der Waals surface area contributed by atoms with E-state index in [1.165, 1.54) is 12.3 Å². The largest absolute Gasteiger partial charge is 0.461 e. The molecule has 0 radical (unpaired) electrons. The molecule has 2 N–H and O–H groups in total. The molecule has 0 aliphatic carbocycles. The van der Waals surface area contributed by atoms with Gasteiger partial charge in [0, 0.05) is 12.3 Å². The van der Waals surface area contributed by atoms with E-state index in [1.54, 1.807) is 36.5 Å². The van der Waals surface area contributed by atoms with Gasteiger partial charge in [0.2, 0.25) is 11.7 Å². The molecule has 2 amide bonds. The van der Waals surface area contributed by atoms with E-state index in [1.807, 2.05) is 0 Å². The van der Waals surface area contributed by atoms with E-state index in [0.717, 1.165) is 0 Å². The van der Waals surface area contributed by atoms with E-state index in [4.69, 9.17) is 8.94 Å². The highest BCUT2D eigenvalue weighted by molar-refractivity contribution is 5.98. The van der Waals surface area contributed by atoms with Crippen LogP contribution in [0.5, 0.6) is 0 Å². The highest BCUT2D eigenvalue weighted by Crippen LogP contribution is 2.20. The lowest BCUT2D eigenvalue weighted by atomic mass is 10.3. The summed E-state index contributed by atoms with van der Waals surface area (Å²) in [6, 6.07) is 9.94. The van der Waals surface area contributed by atoms with Crippen molar-refractivity contribution in [3.63, 3.8) is 0 Å². The molecule has 3 heterocycles. The molecule has 116 valence electrons. The number of furan rings is 1. The van der Waals surface area contributed by atoms with Crippen molar-refractivity contribution in [1.82, 2.24) is 15.5 Å². The average molecular weight is 312 g/mol. The van der Waals surface area contributed by atoms with Crippen molar-refractivity contribution < 1.29 is 18.5 Å². The van der Waals surface area contributed by atoms with Crippen molar-refractivity contribution in [2.24, 2.45) is 0 Å². The Morgan fingerprint density at radius 1 is 1.13 bits per heavy atom. The van der Waals surface area contributed by atoms with Crippen LogP contribution < -0.4 is 10.6 Å². The summed E-state index contributed by atoms with van der Waals surface area (Å²) in [4.78, 5) is 27.6. The minimum absolute atomic E-state index is 0.0574. The minimum atomic E-state index is -0.525. The SMILES string of the molecule is O=C(CNC(=O)c1cc(-c2ccco2)on1)Nc1ccccn1. The van der Waals surface area contributed by atoms with Gasteiger partial charge >= 0.3 is 0 Å². The van der Waals surface area contributed by atoms with E-state index in [9.17, 15) is 9.59 Å². The van der Waals surface area contributed by atoms with Gasteiger partial charge in [0.1, 0.15) is 5.82 Å². The fourth-order valence-corrected chi connectivity index (χ4v) is 1.79. The minimum Gasteiger partial charge on any atom is -0.461 e. The summed E-state index contributed by atoms with van der Waals surface area (Å²) in [5, 5.41) is 8.64. The number of anilines is 1. The summed E-state index contributed by atoms with van der Waals surface area (Å²) in [6.07, 6.45) is 3.04. The highest BCUT2D eigenvalue weighted by atomic mass is 16.5. The van der Waals surface area contributed by atoms with Crippen LogP contribution in [0.3, 0.4) is 0 Å². The van der Waals surface area contributed by atoms with Crippen LogP contribution in [0.2, 0.25) is 0 Å². The molecule has 8 nitrogen and oxygen atoms in total. The summed E-state index contributed by atoms with van der Waals surface area (Å²) in [5.74, 6) is 0.283. The molecular weight excluding hydrogens is 300 g/mol. The Kier molecular flexibility index (Phi) is 4.14. The Balaban J connectivity index is 1.54. The van der Waals surface area contributed by atoms with Gasteiger partial charge in [0.05, 0.1) is 12.8 Å². The zero-order chi connectivity index (χ0) is 16.1. The van der Waals surface area contributed by atoms with Crippen molar-refractivity contribution in [3.8, 4) is 11.5 Å². The number of amides is 2. The molecule has 0 aliphatic heterocycles. The van der Waals surface area contributed by atoms with E-state index in [2.05, 4.69) is 20.8 Å². The number of carbonyl (C=O) groups is 2.